The van der Waals surface area contributed by atoms with Crippen LogP contribution in [-0.4, -0.2) is 37.9 Å². The standard InChI is InChI=1S/C10H19NO3/c1-3-13-7-8(2)14-10(12)6-11-9-4-5-9/h8-9,11H,3-7H2,1-2H3. The second-order valence-corrected chi connectivity index (χ2v) is 3.62. The van der Waals surface area contributed by atoms with Crippen molar-refractivity contribution in [2.75, 3.05) is 19.8 Å². The van der Waals surface area contributed by atoms with E-state index in [1.165, 1.54) is 12.8 Å². The number of rotatable bonds is 7. The van der Waals surface area contributed by atoms with Crippen LogP contribution >= 0.6 is 0 Å². The molecule has 82 valence electrons. The number of carbonyl (C=O) groups excluding carboxylic acids is 1. The third kappa shape index (κ3) is 5.19. The summed E-state index contributed by atoms with van der Waals surface area (Å²) in [6.45, 7) is 5.21. The van der Waals surface area contributed by atoms with Crippen LogP contribution < -0.4 is 5.32 Å². The van der Waals surface area contributed by atoms with Crippen LogP contribution in [0.5, 0.6) is 0 Å². The van der Waals surface area contributed by atoms with Crippen molar-refractivity contribution in [3.05, 3.63) is 0 Å². The van der Waals surface area contributed by atoms with Gasteiger partial charge in [-0.15, -0.1) is 0 Å². The van der Waals surface area contributed by atoms with Crippen LogP contribution in [0, 0.1) is 0 Å². The van der Waals surface area contributed by atoms with Gasteiger partial charge in [-0.05, 0) is 26.7 Å². The van der Waals surface area contributed by atoms with Gasteiger partial charge in [0.2, 0.25) is 0 Å². The van der Waals surface area contributed by atoms with Crippen molar-refractivity contribution in [2.45, 2.75) is 38.8 Å². The van der Waals surface area contributed by atoms with E-state index in [2.05, 4.69) is 5.32 Å². The molecule has 0 aliphatic heterocycles. The number of nitrogens with one attached hydrogen (secondary N) is 1. The molecule has 1 aliphatic carbocycles. The van der Waals surface area contributed by atoms with E-state index in [0.717, 1.165) is 0 Å². The summed E-state index contributed by atoms with van der Waals surface area (Å²) in [4.78, 5) is 11.2. The summed E-state index contributed by atoms with van der Waals surface area (Å²) in [5.41, 5.74) is 0. The highest BCUT2D eigenvalue weighted by Gasteiger charge is 2.21. The van der Waals surface area contributed by atoms with Gasteiger partial charge in [-0.25, -0.2) is 0 Å². The first-order valence-electron chi connectivity index (χ1n) is 5.23. The molecule has 0 aromatic carbocycles. The van der Waals surface area contributed by atoms with Gasteiger partial charge in [-0.2, -0.15) is 0 Å². The van der Waals surface area contributed by atoms with Crippen LogP contribution in [0.3, 0.4) is 0 Å². The molecule has 1 saturated carbocycles. The molecule has 1 aliphatic rings. The topological polar surface area (TPSA) is 47.6 Å². The van der Waals surface area contributed by atoms with E-state index in [1.54, 1.807) is 0 Å². The predicted octanol–water partition coefficient (Wildman–Crippen LogP) is 0.707. The molecular weight excluding hydrogens is 182 g/mol. The van der Waals surface area contributed by atoms with Gasteiger partial charge < -0.3 is 14.8 Å². The second kappa shape index (κ2) is 5.98. The molecule has 1 N–H and O–H groups in total. The smallest absolute Gasteiger partial charge is 0.320 e. The molecule has 1 rings (SSSR count). The average Bonchev–Trinajstić information content (AvgIpc) is 2.95. The van der Waals surface area contributed by atoms with Crippen molar-refractivity contribution in [2.24, 2.45) is 0 Å². The molecule has 0 spiro atoms. The highest BCUT2D eigenvalue weighted by atomic mass is 16.6. The Hall–Kier alpha value is -0.610. The summed E-state index contributed by atoms with van der Waals surface area (Å²) >= 11 is 0. The van der Waals surface area contributed by atoms with E-state index < -0.39 is 0 Å². The zero-order chi connectivity index (χ0) is 10.4. The van der Waals surface area contributed by atoms with Gasteiger partial charge in [0.1, 0.15) is 6.10 Å². The molecule has 0 aromatic rings. The lowest BCUT2D eigenvalue weighted by Crippen LogP contribution is -2.30. The zero-order valence-electron chi connectivity index (χ0n) is 8.91. The summed E-state index contributed by atoms with van der Waals surface area (Å²) in [5.74, 6) is -0.191. The second-order valence-electron chi connectivity index (χ2n) is 3.62. The molecule has 4 nitrogen and oxygen atoms in total. The van der Waals surface area contributed by atoms with Crippen molar-refractivity contribution >= 4 is 5.97 Å². The lowest BCUT2D eigenvalue weighted by molar-refractivity contribution is -0.149. The summed E-state index contributed by atoms with van der Waals surface area (Å²) in [6, 6.07) is 0.546. The SMILES string of the molecule is CCOCC(C)OC(=O)CNC1CC1. The maximum Gasteiger partial charge on any atom is 0.320 e. The first-order valence-corrected chi connectivity index (χ1v) is 5.23. The Morgan fingerprint density at radius 2 is 2.29 bits per heavy atom. The molecule has 1 unspecified atom stereocenters. The van der Waals surface area contributed by atoms with E-state index in [0.29, 0.717) is 25.8 Å². The minimum atomic E-state index is -0.191. The van der Waals surface area contributed by atoms with Crippen LogP contribution in [0.1, 0.15) is 26.7 Å². The zero-order valence-corrected chi connectivity index (χ0v) is 8.91. The van der Waals surface area contributed by atoms with Gasteiger partial charge in [-0.1, -0.05) is 0 Å². The summed E-state index contributed by atoms with van der Waals surface area (Å²) in [7, 11) is 0. The van der Waals surface area contributed by atoms with Crippen LogP contribution in [0.25, 0.3) is 0 Å². The predicted molar refractivity (Wildman–Crippen MR) is 53.1 cm³/mol. The van der Waals surface area contributed by atoms with Gasteiger partial charge in [-0.3, -0.25) is 4.79 Å². The molecule has 0 aromatic heterocycles. The highest BCUT2D eigenvalue weighted by molar-refractivity contribution is 5.71. The van der Waals surface area contributed by atoms with Crippen LogP contribution in [-0.2, 0) is 14.3 Å². The Labute approximate surface area is 85.0 Å². The Morgan fingerprint density at radius 1 is 1.57 bits per heavy atom. The quantitative estimate of drug-likeness (QED) is 0.616. The van der Waals surface area contributed by atoms with Gasteiger partial charge in [0.05, 0.1) is 13.2 Å². The van der Waals surface area contributed by atoms with Crippen molar-refractivity contribution < 1.29 is 14.3 Å². The molecule has 0 radical (unpaired) electrons. The number of hydrogen-bond donors (Lipinski definition) is 1. The van der Waals surface area contributed by atoms with E-state index >= 15 is 0 Å². The van der Waals surface area contributed by atoms with E-state index in [1.807, 2.05) is 13.8 Å². The Kier molecular flexibility index (Phi) is 4.90. The van der Waals surface area contributed by atoms with Gasteiger partial charge in [0.15, 0.2) is 0 Å². The molecule has 0 bridgehead atoms. The first-order chi connectivity index (χ1) is 6.72. The van der Waals surface area contributed by atoms with Crippen LogP contribution in [0.4, 0.5) is 0 Å². The van der Waals surface area contributed by atoms with Gasteiger partial charge >= 0.3 is 5.97 Å². The number of hydrogen-bond acceptors (Lipinski definition) is 4. The van der Waals surface area contributed by atoms with Gasteiger partial charge in [0, 0.05) is 12.6 Å². The molecule has 0 saturated heterocycles. The number of ether oxygens (including phenoxy) is 2. The van der Waals surface area contributed by atoms with Crippen molar-refractivity contribution in [3.63, 3.8) is 0 Å². The van der Waals surface area contributed by atoms with Crippen LogP contribution in [0.15, 0.2) is 0 Å². The number of esters is 1. The molecule has 1 fully saturated rings. The first kappa shape index (κ1) is 11.5. The summed E-state index contributed by atoms with van der Waals surface area (Å²) in [6.07, 6.45) is 2.22. The fraction of sp³-hybridized carbons (Fsp3) is 0.900. The molecule has 0 amide bonds. The normalized spacial score (nSPS) is 17.9. The maximum absolute atomic E-state index is 11.2. The summed E-state index contributed by atoms with van der Waals surface area (Å²) < 4.78 is 10.2. The van der Waals surface area contributed by atoms with Crippen molar-refractivity contribution in [3.8, 4) is 0 Å². The fourth-order valence-corrected chi connectivity index (χ4v) is 1.10. The third-order valence-electron chi connectivity index (χ3n) is 2.00. The molecular formula is C10H19NO3. The van der Waals surface area contributed by atoms with E-state index in [9.17, 15) is 4.79 Å². The third-order valence-corrected chi connectivity index (χ3v) is 2.00. The number of carbonyl (C=O) groups is 1. The summed E-state index contributed by atoms with van der Waals surface area (Å²) in [5, 5.41) is 3.10. The Balaban J connectivity index is 1.99. The van der Waals surface area contributed by atoms with Crippen molar-refractivity contribution in [1.29, 1.82) is 0 Å². The Morgan fingerprint density at radius 3 is 2.86 bits per heavy atom. The molecule has 4 heteroatoms. The van der Waals surface area contributed by atoms with Gasteiger partial charge in [0.25, 0.3) is 0 Å². The molecule has 0 heterocycles. The minimum absolute atomic E-state index is 0.150. The van der Waals surface area contributed by atoms with Crippen LogP contribution in [0.2, 0.25) is 0 Å². The minimum Gasteiger partial charge on any atom is -0.459 e. The van der Waals surface area contributed by atoms with Crippen molar-refractivity contribution in [1.82, 2.24) is 5.32 Å². The lowest BCUT2D eigenvalue weighted by atomic mass is 10.4. The average molecular weight is 201 g/mol. The van der Waals surface area contributed by atoms with E-state index in [4.69, 9.17) is 9.47 Å². The molecule has 1 atom stereocenters. The fourth-order valence-electron chi connectivity index (χ4n) is 1.10. The maximum atomic E-state index is 11.2. The Bertz CT molecular complexity index is 180. The highest BCUT2D eigenvalue weighted by Crippen LogP contribution is 2.18. The molecule has 14 heavy (non-hydrogen) atoms. The lowest BCUT2D eigenvalue weighted by Gasteiger charge is -2.13. The van der Waals surface area contributed by atoms with E-state index in [-0.39, 0.29) is 12.1 Å². The largest absolute Gasteiger partial charge is 0.459 e. The monoisotopic (exact) mass is 201 g/mol.